The number of likely N-dealkylation sites (tertiary alicyclic amines) is 1. The Balaban J connectivity index is 1.88. The number of carboxylic acids is 1. The summed E-state index contributed by atoms with van der Waals surface area (Å²) in [4.78, 5) is 13.6. The van der Waals surface area contributed by atoms with Crippen molar-refractivity contribution in [2.24, 2.45) is 5.92 Å². The Kier molecular flexibility index (Phi) is 5.20. The van der Waals surface area contributed by atoms with Crippen LogP contribution in [0.1, 0.15) is 37.1 Å². The van der Waals surface area contributed by atoms with Crippen molar-refractivity contribution < 1.29 is 19.1 Å². The van der Waals surface area contributed by atoms with E-state index in [1.54, 1.807) is 6.26 Å². The Morgan fingerprint density at radius 2 is 2.17 bits per heavy atom. The number of ether oxygens (including phenoxy) is 1. The van der Waals surface area contributed by atoms with Crippen LogP contribution in [0.2, 0.25) is 0 Å². The number of aliphatic carboxylic acids is 1. The van der Waals surface area contributed by atoms with Crippen molar-refractivity contribution >= 4 is 5.97 Å². The number of piperidine rings is 1. The zero-order chi connectivity index (χ0) is 16.9. The molecule has 5 heteroatoms. The van der Waals surface area contributed by atoms with Crippen LogP contribution in [-0.2, 0) is 4.79 Å². The second-order valence-electron chi connectivity index (χ2n) is 6.09. The lowest BCUT2D eigenvalue weighted by Crippen LogP contribution is -2.41. The van der Waals surface area contributed by atoms with Crippen LogP contribution in [0.5, 0.6) is 5.75 Å². The van der Waals surface area contributed by atoms with Gasteiger partial charge in [-0.05, 0) is 56.1 Å². The van der Waals surface area contributed by atoms with Gasteiger partial charge in [0, 0.05) is 6.54 Å². The van der Waals surface area contributed by atoms with E-state index in [1.165, 1.54) is 0 Å². The monoisotopic (exact) mass is 329 g/mol. The van der Waals surface area contributed by atoms with Crippen molar-refractivity contribution in [1.29, 1.82) is 0 Å². The molecule has 0 spiro atoms. The maximum Gasteiger partial charge on any atom is 0.307 e. The predicted octanol–water partition coefficient (Wildman–Crippen LogP) is 3.56. The van der Waals surface area contributed by atoms with Gasteiger partial charge in [-0.15, -0.1) is 0 Å². The summed E-state index contributed by atoms with van der Waals surface area (Å²) in [6.07, 6.45) is 3.28. The first kappa shape index (κ1) is 16.6. The summed E-state index contributed by atoms with van der Waals surface area (Å²) in [5.41, 5.74) is 1.08. The van der Waals surface area contributed by atoms with Crippen molar-refractivity contribution in [3.63, 3.8) is 0 Å². The number of rotatable bonds is 6. The van der Waals surface area contributed by atoms with E-state index >= 15 is 0 Å². The largest absolute Gasteiger partial charge is 0.494 e. The number of carboxylic acid groups (broad SMARTS) is 1. The molecular formula is C19H23NO4. The Morgan fingerprint density at radius 3 is 2.79 bits per heavy atom. The molecule has 2 unspecified atom stereocenters. The van der Waals surface area contributed by atoms with Crippen LogP contribution in [0.25, 0.3) is 0 Å². The average Bonchev–Trinajstić information content (AvgIpc) is 3.11. The highest BCUT2D eigenvalue weighted by Gasteiger charge is 2.32. The summed E-state index contributed by atoms with van der Waals surface area (Å²) in [6.45, 7) is 3.99. The van der Waals surface area contributed by atoms with E-state index in [2.05, 4.69) is 4.90 Å². The molecule has 0 radical (unpaired) electrons. The molecule has 1 N–H and O–H groups in total. The normalized spacial score (nSPS) is 19.8. The minimum absolute atomic E-state index is 0.0715. The third kappa shape index (κ3) is 3.62. The number of hydrogen-bond acceptors (Lipinski definition) is 4. The Hall–Kier alpha value is -2.27. The average molecular weight is 329 g/mol. The van der Waals surface area contributed by atoms with Crippen LogP contribution in [0, 0.1) is 5.92 Å². The lowest BCUT2D eigenvalue weighted by atomic mass is 9.94. The highest BCUT2D eigenvalue weighted by Crippen LogP contribution is 2.33. The van der Waals surface area contributed by atoms with Crippen LogP contribution in [0.4, 0.5) is 0 Å². The molecular weight excluding hydrogens is 306 g/mol. The molecule has 2 heterocycles. The second-order valence-corrected chi connectivity index (χ2v) is 6.09. The first-order chi connectivity index (χ1) is 11.7. The Morgan fingerprint density at radius 1 is 1.38 bits per heavy atom. The van der Waals surface area contributed by atoms with E-state index in [4.69, 9.17) is 9.15 Å². The van der Waals surface area contributed by atoms with E-state index in [0.717, 1.165) is 36.5 Å². The van der Waals surface area contributed by atoms with Gasteiger partial charge in [0.25, 0.3) is 0 Å². The summed E-state index contributed by atoms with van der Waals surface area (Å²) in [6, 6.07) is 11.7. The molecule has 1 aliphatic rings. The first-order valence-corrected chi connectivity index (χ1v) is 8.42. The van der Waals surface area contributed by atoms with Gasteiger partial charge in [-0.3, -0.25) is 9.69 Å². The van der Waals surface area contributed by atoms with E-state index in [1.807, 2.05) is 43.3 Å². The van der Waals surface area contributed by atoms with Gasteiger partial charge in [0.05, 0.1) is 24.8 Å². The van der Waals surface area contributed by atoms with Crippen LogP contribution in [0.3, 0.4) is 0 Å². The van der Waals surface area contributed by atoms with Crippen LogP contribution < -0.4 is 4.74 Å². The maximum absolute atomic E-state index is 11.4. The second kappa shape index (κ2) is 7.53. The maximum atomic E-state index is 11.4. The molecule has 0 saturated carbocycles. The quantitative estimate of drug-likeness (QED) is 0.878. The first-order valence-electron chi connectivity index (χ1n) is 8.42. The molecule has 128 valence electrons. The van der Waals surface area contributed by atoms with Gasteiger partial charge in [-0.25, -0.2) is 0 Å². The van der Waals surface area contributed by atoms with E-state index < -0.39 is 5.97 Å². The molecule has 1 aromatic heterocycles. The highest BCUT2D eigenvalue weighted by atomic mass is 16.5. The summed E-state index contributed by atoms with van der Waals surface area (Å²) < 4.78 is 11.2. The van der Waals surface area contributed by atoms with Gasteiger partial charge in [-0.1, -0.05) is 12.1 Å². The minimum Gasteiger partial charge on any atom is -0.494 e. The van der Waals surface area contributed by atoms with Crippen molar-refractivity contribution in [2.45, 2.75) is 25.8 Å². The number of furan rings is 1. The van der Waals surface area contributed by atoms with E-state index in [0.29, 0.717) is 13.2 Å². The van der Waals surface area contributed by atoms with Gasteiger partial charge >= 0.3 is 5.97 Å². The van der Waals surface area contributed by atoms with Gasteiger partial charge in [-0.2, -0.15) is 0 Å². The third-order valence-electron chi connectivity index (χ3n) is 4.49. The molecule has 1 fully saturated rings. The standard InChI is InChI=1S/C19H23NO4/c1-2-23-16-9-7-14(8-10-16)18(17-6-4-12-24-17)20-11-3-5-15(13-20)19(21)22/h4,6-10,12,15,18H,2-3,5,11,13H2,1H3,(H,21,22). The molecule has 2 aromatic rings. The minimum atomic E-state index is -0.718. The summed E-state index contributed by atoms with van der Waals surface area (Å²) in [7, 11) is 0. The van der Waals surface area contributed by atoms with E-state index in [9.17, 15) is 9.90 Å². The smallest absolute Gasteiger partial charge is 0.307 e. The van der Waals surface area contributed by atoms with Crippen LogP contribution in [0.15, 0.2) is 47.1 Å². The molecule has 0 bridgehead atoms. The molecule has 5 nitrogen and oxygen atoms in total. The molecule has 0 amide bonds. The lowest BCUT2D eigenvalue weighted by Gasteiger charge is -2.36. The van der Waals surface area contributed by atoms with Crippen molar-refractivity contribution in [2.75, 3.05) is 19.7 Å². The number of carbonyl (C=O) groups is 1. The SMILES string of the molecule is CCOc1ccc(C(c2ccco2)N2CCCC(C(=O)O)C2)cc1. The van der Waals surface area contributed by atoms with Gasteiger partial charge in [0.2, 0.25) is 0 Å². The van der Waals surface area contributed by atoms with Crippen LogP contribution >= 0.6 is 0 Å². The molecule has 1 aromatic carbocycles. The fourth-order valence-electron chi connectivity index (χ4n) is 3.36. The molecule has 3 rings (SSSR count). The third-order valence-corrected chi connectivity index (χ3v) is 4.49. The fraction of sp³-hybridized carbons (Fsp3) is 0.421. The topological polar surface area (TPSA) is 62.9 Å². The van der Waals surface area contributed by atoms with Crippen molar-refractivity contribution in [3.05, 3.63) is 54.0 Å². The molecule has 1 aliphatic heterocycles. The Labute approximate surface area is 141 Å². The van der Waals surface area contributed by atoms with Crippen molar-refractivity contribution in [1.82, 2.24) is 4.90 Å². The lowest BCUT2D eigenvalue weighted by molar-refractivity contribution is -0.143. The number of hydrogen-bond donors (Lipinski definition) is 1. The van der Waals surface area contributed by atoms with Gasteiger partial charge in [0.1, 0.15) is 11.5 Å². The number of nitrogens with zero attached hydrogens (tertiary/aromatic N) is 1. The van der Waals surface area contributed by atoms with Crippen LogP contribution in [-0.4, -0.2) is 35.7 Å². The van der Waals surface area contributed by atoms with Gasteiger partial charge in [0.15, 0.2) is 0 Å². The predicted molar refractivity (Wildman–Crippen MR) is 90.1 cm³/mol. The summed E-state index contributed by atoms with van der Waals surface area (Å²) >= 11 is 0. The van der Waals surface area contributed by atoms with Crippen molar-refractivity contribution in [3.8, 4) is 5.75 Å². The number of benzene rings is 1. The molecule has 0 aliphatic carbocycles. The summed E-state index contributed by atoms with van der Waals surface area (Å²) in [5, 5.41) is 9.37. The Bertz CT molecular complexity index is 651. The highest BCUT2D eigenvalue weighted by molar-refractivity contribution is 5.70. The van der Waals surface area contributed by atoms with Gasteiger partial charge < -0.3 is 14.3 Å². The fourth-order valence-corrected chi connectivity index (χ4v) is 3.36. The zero-order valence-corrected chi connectivity index (χ0v) is 13.9. The molecule has 24 heavy (non-hydrogen) atoms. The molecule has 1 saturated heterocycles. The zero-order valence-electron chi connectivity index (χ0n) is 13.9. The van der Waals surface area contributed by atoms with E-state index in [-0.39, 0.29) is 12.0 Å². The summed E-state index contributed by atoms with van der Waals surface area (Å²) in [5.74, 6) is 0.634. The molecule has 2 atom stereocenters.